The molecule has 0 bridgehead atoms. The Bertz CT molecular complexity index is 245. The second-order valence-corrected chi connectivity index (χ2v) is 4.76. The molecule has 2 N–H and O–H groups in total. The first-order valence-corrected chi connectivity index (χ1v) is 6.68. The van der Waals surface area contributed by atoms with Crippen LogP contribution in [0.15, 0.2) is 0 Å². The fourth-order valence-corrected chi connectivity index (χ4v) is 2.37. The third kappa shape index (κ3) is 6.77. The summed E-state index contributed by atoms with van der Waals surface area (Å²) in [4.78, 5) is 14.2. The van der Waals surface area contributed by atoms with Crippen LogP contribution in [0.25, 0.3) is 0 Å². The third-order valence-electron chi connectivity index (χ3n) is 3.37. The maximum Gasteiger partial charge on any atom is 0.250 e. The molecule has 2 aliphatic rings. The molecule has 2 fully saturated rings. The van der Waals surface area contributed by atoms with Gasteiger partial charge in [0.15, 0.2) is 0 Å². The molecular formula is C12H25Cl2N3O2. The van der Waals surface area contributed by atoms with Crippen LogP contribution in [-0.2, 0) is 9.53 Å². The summed E-state index contributed by atoms with van der Waals surface area (Å²) in [6.07, 6.45) is 3.39. The van der Waals surface area contributed by atoms with Gasteiger partial charge in [0.05, 0.1) is 6.61 Å². The number of morpholine rings is 1. The molecule has 2 aliphatic heterocycles. The van der Waals surface area contributed by atoms with E-state index >= 15 is 0 Å². The van der Waals surface area contributed by atoms with Crippen LogP contribution in [0, 0.1) is 0 Å². The molecule has 0 spiro atoms. The van der Waals surface area contributed by atoms with E-state index in [1.54, 1.807) is 0 Å². The van der Waals surface area contributed by atoms with E-state index in [2.05, 4.69) is 15.5 Å². The van der Waals surface area contributed by atoms with Crippen molar-refractivity contribution in [2.45, 2.75) is 25.4 Å². The summed E-state index contributed by atoms with van der Waals surface area (Å²) in [6.45, 7) is 6.43. The first kappa shape index (κ1) is 18.9. The predicted octanol–water partition coefficient (Wildman–Crippen LogP) is 0.421. The predicted molar refractivity (Wildman–Crippen MR) is 80.4 cm³/mol. The number of carbonyl (C=O) groups excluding carboxylic acids is 1. The highest BCUT2D eigenvalue weighted by atomic mass is 35.5. The van der Waals surface area contributed by atoms with Gasteiger partial charge in [0.1, 0.15) is 6.10 Å². The molecule has 114 valence electrons. The summed E-state index contributed by atoms with van der Waals surface area (Å²) in [6, 6.07) is 0. The van der Waals surface area contributed by atoms with Gasteiger partial charge in [-0.3, -0.25) is 4.79 Å². The maximum atomic E-state index is 11.7. The first-order chi connectivity index (χ1) is 8.36. The number of hydrogen-bond acceptors (Lipinski definition) is 4. The highest BCUT2D eigenvalue weighted by molar-refractivity contribution is 5.85. The van der Waals surface area contributed by atoms with E-state index in [1.807, 2.05) is 0 Å². The number of halogens is 2. The van der Waals surface area contributed by atoms with Crippen molar-refractivity contribution in [2.24, 2.45) is 0 Å². The molecule has 1 atom stereocenters. The molecule has 0 aliphatic carbocycles. The third-order valence-corrected chi connectivity index (χ3v) is 3.37. The average molecular weight is 314 g/mol. The van der Waals surface area contributed by atoms with E-state index in [4.69, 9.17) is 4.74 Å². The Kier molecular flexibility index (Phi) is 10.6. The van der Waals surface area contributed by atoms with Crippen molar-refractivity contribution in [1.29, 1.82) is 0 Å². The number of nitrogens with zero attached hydrogens (tertiary/aromatic N) is 1. The lowest BCUT2D eigenvalue weighted by atomic mass is 10.3. The van der Waals surface area contributed by atoms with E-state index < -0.39 is 0 Å². The number of hydrogen-bond donors (Lipinski definition) is 2. The van der Waals surface area contributed by atoms with Crippen molar-refractivity contribution in [1.82, 2.24) is 15.5 Å². The van der Waals surface area contributed by atoms with Crippen molar-refractivity contribution in [3.05, 3.63) is 0 Å². The van der Waals surface area contributed by atoms with Gasteiger partial charge < -0.3 is 20.3 Å². The minimum Gasteiger partial charge on any atom is -0.366 e. The summed E-state index contributed by atoms with van der Waals surface area (Å²) in [5.41, 5.74) is 0. The lowest BCUT2D eigenvalue weighted by Gasteiger charge is -2.23. The minimum absolute atomic E-state index is 0. The minimum atomic E-state index is -0.296. The molecule has 2 heterocycles. The molecule has 19 heavy (non-hydrogen) atoms. The van der Waals surface area contributed by atoms with Crippen LogP contribution in [0.5, 0.6) is 0 Å². The van der Waals surface area contributed by atoms with E-state index in [-0.39, 0.29) is 36.8 Å². The molecule has 5 nitrogen and oxygen atoms in total. The van der Waals surface area contributed by atoms with Crippen molar-refractivity contribution >= 4 is 30.7 Å². The molecule has 2 saturated heterocycles. The van der Waals surface area contributed by atoms with Crippen LogP contribution in [0.2, 0.25) is 0 Å². The molecule has 0 aromatic carbocycles. The van der Waals surface area contributed by atoms with Gasteiger partial charge in [0.2, 0.25) is 5.91 Å². The summed E-state index contributed by atoms with van der Waals surface area (Å²) in [5, 5.41) is 6.10. The largest absolute Gasteiger partial charge is 0.366 e. The summed E-state index contributed by atoms with van der Waals surface area (Å²) < 4.78 is 5.39. The van der Waals surface area contributed by atoms with E-state index in [1.165, 1.54) is 25.9 Å². The molecule has 0 saturated carbocycles. The number of ether oxygens (including phenoxy) is 1. The van der Waals surface area contributed by atoms with Crippen LogP contribution >= 0.6 is 24.8 Å². The monoisotopic (exact) mass is 313 g/mol. The molecule has 0 radical (unpaired) electrons. The second-order valence-electron chi connectivity index (χ2n) is 4.76. The van der Waals surface area contributed by atoms with E-state index in [0.717, 1.165) is 26.1 Å². The number of carbonyl (C=O) groups is 1. The Balaban J connectivity index is 0.00000162. The molecule has 0 unspecified atom stereocenters. The SMILES string of the molecule is Cl.Cl.O=C(NCCCN1CCCC1)[C@H]1CNCCO1. The van der Waals surface area contributed by atoms with Crippen LogP contribution in [0.4, 0.5) is 0 Å². The molecule has 2 rings (SSSR count). The van der Waals surface area contributed by atoms with Gasteiger partial charge >= 0.3 is 0 Å². The van der Waals surface area contributed by atoms with Crippen LogP contribution in [0.1, 0.15) is 19.3 Å². The number of rotatable bonds is 5. The number of amides is 1. The maximum absolute atomic E-state index is 11.7. The second kappa shape index (κ2) is 10.7. The van der Waals surface area contributed by atoms with Gasteiger partial charge in [0.25, 0.3) is 0 Å². The number of nitrogens with one attached hydrogen (secondary N) is 2. The zero-order valence-corrected chi connectivity index (χ0v) is 12.9. The van der Waals surface area contributed by atoms with Gasteiger partial charge in [-0.25, -0.2) is 0 Å². The van der Waals surface area contributed by atoms with Gasteiger partial charge in [-0.05, 0) is 38.9 Å². The lowest BCUT2D eigenvalue weighted by Crippen LogP contribution is -2.48. The Morgan fingerprint density at radius 2 is 2.05 bits per heavy atom. The van der Waals surface area contributed by atoms with Crippen molar-refractivity contribution in [3.63, 3.8) is 0 Å². The Hall–Kier alpha value is -0.0700. The fraction of sp³-hybridized carbons (Fsp3) is 0.917. The topological polar surface area (TPSA) is 53.6 Å². The Morgan fingerprint density at radius 1 is 1.32 bits per heavy atom. The van der Waals surface area contributed by atoms with Crippen molar-refractivity contribution < 1.29 is 9.53 Å². The van der Waals surface area contributed by atoms with Crippen molar-refractivity contribution in [2.75, 3.05) is 45.9 Å². The molecular weight excluding hydrogens is 289 g/mol. The van der Waals surface area contributed by atoms with Crippen molar-refractivity contribution in [3.8, 4) is 0 Å². The zero-order valence-electron chi connectivity index (χ0n) is 11.2. The summed E-state index contributed by atoms with van der Waals surface area (Å²) in [5.74, 6) is 0.0265. The van der Waals surface area contributed by atoms with Gasteiger partial charge in [-0.2, -0.15) is 0 Å². The van der Waals surface area contributed by atoms with Gasteiger partial charge in [-0.1, -0.05) is 0 Å². The molecule has 0 aromatic heterocycles. The highest BCUT2D eigenvalue weighted by Crippen LogP contribution is 2.06. The standard InChI is InChI=1S/C12H23N3O2.2ClH/c16-12(11-10-13-5-9-17-11)14-4-3-8-15-6-1-2-7-15;;/h11,13H,1-10H2,(H,14,16);2*1H/t11-;;/m1../s1. The Morgan fingerprint density at radius 3 is 2.68 bits per heavy atom. The summed E-state index contributed by atoms with van der Waals surface area (Å²) in [7, 11) is 0. The Labute approximate surface area is 127 Å². The van der Waals surface area contributed by atoms with Crippen LogP contribution in [-0.4, -0.2) is 62.8 Å². The average Bonchev–Trinajstić information content (AvgIpc) is 2.88. The van der Waals surface area contributed by atoms with E-state index in [9.17, 15) is 4.79 Å². The zero-order chi connectivity index (χ0) is 11.9. The molecule has 1 amide bonds. The number of likely N-dealkylation sites (tertiary alicyclic amines) is 1. The summed E-state index contributed by atoms with van der Waals surface area (Å²) >= 11 is 0. The van der Waals surface area contributed by atoms with E-state index in [0.29, 0.717) is 13.2 Å². The normalized spacial score (nSPS) is 23.3. The van der Waals surface area contributed by atoms with Gasteiger partial charge in [0, 0.05) is 19.6 Å². The molecule has 0 aromatic rings. The lowest BCUT2D eigenvalue weighted by molar-refractivity contribution is -0.134. The fourth-order valence-electron chi connectivity index (χ4n) is 2.37. The first-order valence-electron chi connectivity index (χ1n) is 6.68. The smallest absolute Gasteiger partial charge is 0.250 e. The highest BCUT2D eigenvalue weighted by Gasteiger charge is 2.21. The van der Waals surface area contributed by atoms with Gasteiger partial charge in [-0.15, -0.1) is 24.8 Å². The molecule has 7 heteroatoms. The van der Waals surface area contributed by atoms with Crippen LogP contribution in [0.3, 0.4) is 0 Å². The quantitative estimate of drug-likeness (QED) is 0.722. The van der Waals surface area contributed by atoms with Crippen LogP contribution < -0.4 is 10.6 Å².